The van der Waals surface area contributed by atoms with Crippen LogP contribution in [0.5, 0.6) is 0 Å². The van der Waals surface area contributed by atoms with Crippen molar-refractivity contribution in [3.05, 3.63) is 59.9 Å². The van der Waals surface area contributed by atoms with Gasteiger partial charge in [-0.2, -0.15) is 0 Å². The number of fused-ring (bicyclic) bond motifs is 1. The van der Waals surface area contributed by atoms with Crippen molar-refractivity contribution >= 4 is 11.6 Å². The minimum Gasteiger partial charge on any atom is -0.361 e. The number of anilines is 1. The van der Waals surface area contributed by atoms with Crippen molar-refractivity contribution in [2.24, 2.45) is 0 Å². The molecule has 19 heavy (non-hydrogen) atoms. The van der Waals surface area contributed by atoms with E-state index in [1.807, 2.05) is 48.2 Å². The number of rotatable bonds is 2. The van der Waals surface area contributed by atoms with Crippen LogP contribution >= 0.6 is 0 Å². The topological polar surface area (TPSA) is 45.2 Å². The number of carbonyl (C=O) groups is 1. The molecule has 96 valence electrons. The Morgan fingerprint density at radius 3 is 2.84 bits per heavy atom. The van der Waals surface area contributed by atoms with Crippen molar-refractivity contribution in [1.82, 2.24) is 9.88 Å². The van der Waals surface area contributed by atoms with Gasteiger partial charge in [0.05, 0.1) is 5.56 Å². The van der Waals surface area contributed by atoms with Crippen LogP contribution in [0.3, 0.4) is 0 Å². The molecule has 0 unspecified atom stereocenters. The van der Waals surface area contributed by atoms with Crippen LogP contribution in [-0.4, -0.2) is 22.3 Å². The van der Waals surface area contributed by atoms with Crippen LogP contribution in [0.4, 0.5) is 5.69 Å². The summed E-state index contributed by atoms with van der Waals surface area (Å²) in [7, 11) is 0. The lowest BCUT2D eigenvalue weighted by atomic mass is 10.0. The average molecular weight is 253 g/mol. The van der Waals surface area contributed by atoms with Crippen LogP contribution in [0, 0.1) is 0 Å². The van der Waals surface area contributed by atoms with E-state index in [4.69, 9.17) is 0 Å². The summed E-state index contributed by atoms with van der Waals surface area (Å²) in [4.78, 5) is 18.4. The molecule has 0 aliphatic carbocycles. The summed E-state index contributed by atoms with van der Waals surface area (Å²) in [6.45, 7) is 2.64. The Bertz CT molecular complexity index is 597. The largest absolute Gasteiger partial charge is 0.361 e. The zero-order valence-electron chi connectivity index (χ0n) is 10.7. The van der Waals surface area contributed by atoms with Crippen LogP contribution in [-0.2, 0) is 0 Å². The van der Waals surface area contributed by atoms with Crippen LogP contribution in [0.25, 0.3) is 0 Å². The first-order valence-electron chi connectivity index (χ1n) is 6.37. The molecule has 0 saturated heterocycles. The van der Waals surface area contributed by atoms with E-state index in [2.05, 4.69) is 10.3 Å². The van der Waals surface area contributed by atoms with E-state index >= 15 is 0 Å². The number of amides is 1. The molecule has 1 aromatic carbocycles. The number of hydrogen-bond donors (Lipinski definition) is 1. The van der Waals surface area contributed by atoms with Gasteiger partial charge in [0, 0.05) is 30.2 Å². The van der Waals surface area contributed by atoms with Gasteiger partial charge in [0.2, 0.25) is 0 Å². The fourth-order valence-electron chi connectivity index (χ4n) is 2.42. The molecule has 1 atom stereocenters. The van der Waals surface area contributed by atoms with Crippen molar-refractivity contribution in [2.45, 2.75) is 13.1 Å². The predicted octanol–water partition coefficient (Wildman–Crippen LogP) is 2.67. The van der Waals surface area contributed by atoms with E-state index in [-0.39, 0.29) is 12.1 Å². The van der Waals surface area contributed by atoms with Gasteiger partial charge < -0.3 is 10.2 Å². The maximum atomic E-state index is 12.5. The van der Waals surface area contributed by atoms with Gasteiger partial charge in [-0.05, 0) is 25.1 Å². The van der Waals surface area contributed by atoms with E-state index in [0.29, 0.717) is 6.54 Å². The lowest BCUT2D eigenvalue weighted by Gasteiger charge is -2.37. The Hall–Kier alpha value is -2.36. The second-order valence-corrected chi connectivity index (χ2v) is 4.47. The summed E-state index contributed by atoms with van der Waals surface area (Å²) < 4.78 is 0. The molecule has 2 heterocycles. The predicted molar refractivity (Wildman–Crippen MR) is 73.8 cm³/mol. The number of nitrogens with one attached hydrogen (secondary N) is 1. The molecule has 4 nitrogen and oxygen atoms in total. The zero-order valence-corrected chi connectivity index (χ0v) is 10.7. The van der Waals surface area contributed by atoms with Gasteiger partial charge in [-0.15, -0.1) is 0 Å². The van der Waals surface area contributed by atoms with Gasteiger partial charge in [0.1, 0.15) is 6.17 Å². The Morgan fingerprint density at radius 1 is 1.26 bits per heavy atom. The lowest BCUT2D eigenvalue weighted by Crippen LogP contribution is -2.42. The molecular weight excluding hydrogens is 238 g/mol. The van der Waals surface area contributed by atoms with Crippen molar-refractivity contribution in [3.63, 3.8) is 0 Å². The molecule has 1 amide bonds. The van der Waals surface area contributed by atoms with Crippen molar-refractivity contribution in [3.8, 4) is 0 Å². The second-order valence-electron chi connectivity index (χ2n) is 4.47. The van der Waals surface area contributed by atoms with Gasteiger partial charge in [-0.25, -0.2) is 0 Å². The van der Waals surface area contributed by atoms with Gasteiger partial charge in [-0.1, -0.05) is 18.2 Å². The number of para-hydroxylation sites is 1. The highest BCUT2D eigenvalue weighted by atomic mass is 16.2. The Kier molecular flexibility index (Phi) is 2.91. The minimum absolute atomic E-state index is 0.0608. The Morgan fingerprint density at radius 2 is 2.11 bits per heavy atom. The molecule has 3 rings (SSSR count). The van der Waals surface area contributed by atoms with Crippen molar-refractivity contribution < 1.29 is 4.79 Å². The maximum Gasteiger partial charge on any atom is 0.257 e. The number of nitrogens with zero attached hydrogens (tertiary/aromatic N) is 2. The minimum atomic E-state index is -0.152. The molecule has 1 N–H and O–H groups in total. The smallest absolute Gasteiger partial charge is 0.257 e. The Labute approximate surface area is 112 Å². The monoisotopic (exact) mass is 253 g/mol. The van der Waals surface area contributed by atoms with Gasteiger partial charge >= 0.3 is 0 Å². The van der Waals surface area contributed by atoms with Crippen LogP contribution in [0.1, 0.15) is 29.0 Å². The van der Waals surface area contributed by atoms with Crippen molar-refractivity contribution in [1.29, 1.82) is 0 Å². The van der Waals surface area contributed by atoms with E-state index in [9.17, 15) is 4.79 Å². The zero-order chi connectivity index (χ0) is 13.2. The number of hydrogen-bond acceptors (Lipinski definition) is 3. The summed E-state index contributed by atoms with van der Waals surface area (Å²) >= 11 is 0. The molecule has 1 aliphatic rings. The standard InChI is InChI=1S/C15H15N3O/c1-2-18-14(11-6-5-9-16-10-11)17-13-8-4-3-7-12(13)15(18)19/h3-10,14,17H,2H2,1H3/t14-/m0/s1. The summed E-state index contributed by atoms with van der Waals surface area (Å²) in [6, 6.07) is 11.5. The first kappa shape index (κ1) is 11.7. The SMILES string of the molecule is CCN1C(=O)c2ccccc2N[C@@H]1c1cccnc1. The van der Waals surface area contributed by atoms with Gasteiger partial charge in [0.25, 0.3) is 5.91 Å². The van der Waals surface area contributed by atoms with Crippen LogP contribution in [0.15, 0.2) is 48.8 Å². The molecule has 2 aromatic rings. The molecule has 4 heteroatoms. The number of carbonyl (C=O) groups excluding carboxylic acids is 1. The normalized spacial score (nSPS) is 17.8. The summed E-state index contributed by atoms with van der Waals surface area (Å²) in [5.74, 6) is 0.0608. The quantitative estimate of drug-likeness (QED) is 0.895. The molecule has 1 aliphatic heterocycles. The number of benzene rings is 1. The lowest BCUT2D eigenvalue weighted by molar-refractivity contribution is 0.0694. The molecule has 0 fully saturated rings. The van der Waals surface area contributed by atoms with Gasteiger partial charge in [0.15, 0.2) is 0 Å². The first-order chi connectivity index (χ1) is 9.31. The third kappa shape index (κ3) is 1.95. The Balaban J connectivity index is 2.05. The molecule has 0 spiro atoms. The third-order valence-corrected chi connectivity index (χ3v) is 3.36. The summed E-state index contributed by atoms with van der Waals surface area (Å²) in [5, 5.41) is 3.41. The highest BCUT2D eigenvalue weighted by Gasteiger charge is 2.31. The fraction of sp³-hybridized carbons (Fsp3) is 0.200. The molecular formula is C15H15N3O. The highest BCUT2D eigenvalue weighted by Crippen LogP contribution is 2.32. The van der Waals surface area contributed by atoms with Crippen molar-refractivity contribution in [2.75, 3.05) is 11.9 Å². The molecule has 0 saturated carbocycles. The van der Waals surface area contributed by atoms with Crippen LogP contribution < -0.4 is 5.32 Å². The third-order valence-electron chi connectivity index (χ3n) is 3.36. The maximum absolute atomic E-state index is 12.5. The molecule has 1 aromatic heterocycles. The van der Waals surface area contributed by atoms with Gasteiger partial charge in [-0.3, -0.25) is 9.78 Å². The van der Waals surface area contributed by atoms with E-state index < -0.39 is 0 Å². The summed E-state index contributed by atoms with van der Waals surface area (Å²) in [6.07, 6.45) is 3.38. The second kappa shape index (κ2) is 4.72. The van der Waals surface area contributed by atoms with E-state index in [1.165, 1.54) is 0 Å². The average Bonchev–Trinajstić information content (AvgIpc) is 2.48. The molecule has 0 radical (unpaired) electrons. The van der Waals surface area contributed by atoms with E-state index in [1.54, 1.807) is 12.4 Å². The fourth-order valence-corrected chi connectivity index (χ4v) is 2.42. The number of aromatic nitrogens is 1. The highest BCUT2D eigenvalue weighted by molar-refractivity contribution is 6.01. The number of pyridine rings is 1. The van der Waals surface area contributed by atoms with E-state index in [0.717, 1.165) is 16.8 Å². The summed E-state index contributed by atoms with van der Waals surface area (Å²) in [5.41, 5.74) is 2.60. The molecule has 0 bridgehead atoms. The van der Waals surface area contributed by atoms with Crippen LogP contribution in [0.2, 0.25) is 0 Å². The first-order valence-corrected chi connectivity index (χ1v) is 6.37.